The van der Waals surface area contributed by atoms with Crippen molar-refractivity contribution in [3.05, 3.63) is 35.9 Å². The maximum atomic E-state index is 12.8. The average Bonchev–Trinajstić information content (AvgIpc) is 2.78. The molecule has 9 N–H and O–H groups in total. The van der Waals surface area contributed by atoms with E-state index in [9.17, 15) is 29.1 Å². The van der Waals surface area contributed by atoms with Gasteiger partial charge in [0.05, 0.1) is 6.42 Å². The summed E-state index contributed by atoms with van der Waals surface area (Å²) in [5.74, 6) is 0.0622. The van der Waals surface area contributed by atoms with Crippen LogP contribution in [0, 0.1) is 0 Å². The molecule has 0 saturated heterocycles. The number of nitrogens with two attached hydrogens (primary N) is 1. The fourth-order valence-electron chi connectivity index (χ4n) is 2.85. The van der Waals surface area contributed by atoms with Crippen LogP contribution >= 0.6 is 12.6 Å². The predicted octanol–water partition coefficient (Wildman–Crippen LogP) is -1.75. The molecule has 4 atom stereocenters. The summed E-state index contributed by atoms with van der Waals surface area (Å²) < 4.78 is 0. The number of nitrogens with one attached hydrogen (secondary N) is 2. The fourth-order valence-corrected chi connectivity index (χ4v) is 3.07. The maximum absolute atomic E-state index is 12.8. The number of hydrogen-bond acceptors (Lipinski definition) is 8. The molecule has 1 aromatic carbocycles. The Balaban J connectivity index is 2.93. The van der Waals surface area contributed by atoms with Gasteiger partial charge >= 0.3 is 17.9 Å². The second-order valence-corrected chi connectivity index (χ2v) is 7.87. The number of aliphatic carboxylic acids is 2. The quantitative estimate of drug-likeness (QED) is 0.117. The van der Waals surface area contributed by atoms with Gasteiger partial charge in [-0.1, -0.05) is 30.3 Å². The van der Waals surface area contributed by atoms with Crippen molar-refractivity contribution in [3.63, 3.8) is 0 Å². The lowest BCUT2D eigenvalue weighted by Gasteiger charge is -2.23. The molecule has 13 heteroatoms. The first-order valence-corrected chi connectivity index (χ1v) is 10.6. The lowest BCUT2D eigenvalue weighted by Crippen LogP contribution is -2.68. The zero-order valence-corrected chi connectivity index (χ0v) is 18.7. The molecule has 0 aromatic heterocycles. The van der Waals surface area contributed by atoms with E-state index in [0.717, 1.165) is 0 Å². The number of hydrogen-bond donors (Lipinski definition) is 7. The van der Waals surface area contributed by atoms with Crippen LogP contribution < -0.4 is 22.3 Å². The number of thiol groups is 1. The monoisotopic (exact) mass is 485 g/mol. The summed E-state index contributed by atoms with van der Waals surface area (Å²) in [6.07, 6.45) is -0.655. The Hall–Kier alpha value is -3.16. The molecule has 0 radical (unpaired) electrons. The number of benzene rings is 1. The van der Waals surface area contributed by atoms with Crippen LogP contribution in [-0.2, 0) is 35.2 Å². The van der Waals surface area contributed by atoms with Gasteiger partial charge in [-0.05, 0) is 12.0 Å². The van der Waals surface area contributed by atoms with E-state index in [1.54, 1.807) is 30.3 Å². The molecular weight excluding hydrogens is 456 g/mol. The minimum absolute atomic E-state index is 0.0471. The molecule has 0 aliphatic rings. The molecule has 0 bridgehead atoms. The third-order valence-corrected chi connectivity index (χ3v) is 5.40. The molecule has 1 aromatic rings. The summed E-state index contributed by atoms with van der Waals surface area (Å²) >= 11 is 4.23. The number of carboxylic acid groups (broad SMARTS) is 2. The number of carbonyl (C=O) groups is 5. The zero-order chi connectivity index (χ0) is 25.0. The summed E-state index contributed by atoms with van der Waals surface area (Å²) in [4.78, 5) is 63.0. The Morgan fingerprint density at radius 1 is 0.970 bits per heavy atom. The molecule has 12 nitrogen and oxygen atoms in total. The Morgan fingerprint density at radius 2 is 1.58 bits per heavy atom. The van der Waals surface area contributed by atoms with E-state index in [0.29, 0.717) is 5.56 Å². The molecule has 0 saturated carbocycles. The van der Waals surface area contributed by atoms with Crippen molar-refractivity contribution in [2.45, 2.75) is 55.5 Å². The smallest absolute Gasteiger partial charge is 0.326 e. The standard InChI is InChI=1S/C20H28N4O8S/c21-12(6-9-16(27)32-22)17(33)19(29)24-14(10-11-4-2-1-3-5-11)18(28)23-13(20(30)31)7-8-15(25)26/h1-5,12-14,17,33H,6-10,21-22H2,(H,23,28)(H,24,29)(H,25,26)(H,30,31)/p+1/t12-,13-,14+,17?/m0/s1. The highest BCUT2D eigenvalue weighted by atomic mass is 32.1. The summed E-state index contributed by atoms with van der Waals surface area (Å²) in [6, 6.07) is 5.48. The topological polar surface area (TPSA) is 213 Å². The molecule has 182 valence electrons. The van der Waals surface area contributed by atoms with Crippen molar-refractivity contribution < 1.29 is 44.8 Å². The molecule has 1 unspecified atom stereocenters. The Labute approximate surface area is 195 Å². The highest BCUT2D eigenvalue weighted by molar-refractivity contribution is 7.81. The van der Waals surface area contributed by atoms with Gasteiger partial charge in [0.2, 0.25) is 11.8 Å². The minimum atomic E-state index is -1.45. The van der Waals surface area contributed by atoms with E-state index in [1.165, 1.54) is 0 Å². The number of carbonyl (C=O) groups excluding carboxylic acids is 3. The normalized spacial score (nSPS) is 14.3. The molecule has 33 heavy (non-hydrogen) atoms. The van der Waals surface area contributed by atoms with Gasteiger partial charge in [0.25, 0.3) is 0 Å². The second kappa shape index (κ2) is 14.1. The van der Waals surface area contributed by atoms with Crippen LogP contribution in [0.25, 0.3) is 0 Å². The molecular formula is C20H29N4O8S+. The van der Waals surface area contributed by atoms with Crippen LogP contribution in [0.2, 0.25) is 0 Å². The first-order chi connectivity index (χ1) is 15.5. The Bertz CT molecular complexity index is 839. The average molecular weight is 486 g/mol. The summed E-state index contributed by atoms with van der Waals surface area (Å²) in [6.45, 7) is 0. The van der Waals surface area contributed by atoms with E-state index >= 15 is 0 Å². The van der Waals surface area contributed by atoms with Crippen LogP contribution in [0.4, 0.5) is 0 Å². The van der Waals surface area contributed by atoms with Crippen LogP contribution in [0.5, 0.6) is 0 Å². The van der Waals surface area contributed by atoms with E-state index in [1.807, 2.05) is 0 Å². The largest absolute Gasteiger partial charge is 0.481 e. The molecule has 2 amide bonds. The van der Waals surface area contributed by atoms with Crippen molar-refractivity contribution in [3.8, 4) is 0 Å². The first-order valence-electron chi connectivity index (χ1n) is 10.0. The summed E-state index contributed by atoms with van der Waals surface area (Å²) in [5.41, 5.74) is 4.49. The number of rotatable bonds is 14. The van der Waals surface area contributed by atoms with Gasteiger partial charge < -0.3 is 31.4 Å². The number of carboxylic acids is 2. The SMILES string of the molecule is NOC(=O)CC[C@H]([NH3+])C(S)C(=O)N[C@H](Cc1ccccc1)C(=O)N[C@@H](CCC(=O)O)C(=O)O. The van der Waals surface area contributed by atoms with E-state index in [4.69, 9.17) is 11.0 Å². The lowest BCUT2D eigenvalue weighted by molar-refractivity contribution is -0.417. The van der Waals surface area contributed by atoms with E-state index in [-0.39, 0.29) is 25.7 Å². The highest BCUT2D eigenvalue weighted by Gasteiger charge is 2.31. The molecule has 0 aliphatic carbocycles. The summed E-state index contributed by atoms with van der Waals surface area (Å²) in [5, 5.41) is 21.9. The van der Waals surface area contributed by atoms with Crippen molar-refractivity contribution >= 4 is 42.4 Å². The van der Waals surface area contributed by atoms with Crippen molar-refractivity contribution in [1.29, 1.82) is 0 Å². The first kappa shape index (κ1) is 27.9. The van der Waals surface area contributed by atoms with Crippen molar-refractivity contribution in [1.82, 2.24) is 10.6 Å². The van der Waals surface area contributed by atoms with Gasteiger partial charge in [0.1, 0.15) is 23.4 Å². The Kier molecular flexibility index (Phi) is 11.9. The second-order valence-electron chi connectivity index (χ2n) is 7.32. The van der Waals surface area contributed by atoms with E-state index < -0.39 is 59.5 Å². The zero-order valence-electron chi connectivity index (χ0n) is 17.8. The predicted molar refractivity (Wildman–Crippen MR) is 117 cm³/mol. The maximum Gasteiger partial charge on any atom is 0.326 e. The van der Waals surface area contributed by atoms with Gasteiger partial charge in [-0.15, -0.1) is 0 Å². The van der Waals surface area contributed by atoms with Gasteiger partial charge in [-0.2, -0.15) is 18.5 Å². The summed E-state index contributed by atoms with van der Waals surface area (Å²) in [7, 11) is 0. The molecule has 1 rings (SSSR count). The highest BCUT2D eigenvalue weighted by Crippen LogP contribution is 2.09. The fraction of sp³-hybridized carbons (Fsp3) is 0.450. The van der Waals surface area contributed by atoms with Crippen LogP contribution in [-0.4, -0.2) is 63.3 Å². The van der Waals surface area contributed by atoms with Crippen LogP contribution in [0.1, 0.15) is 31.2 Å². The van der Waals surface area contributed by atoms with Gasteiger partial charge in [-0.3, -0.25) is 19.2 Å². The van der Waals surface area contributed by atoms with Gasteiger partial charge in [0.15, 0.2) is 0 Å². The molecule has 0 aliphatic heterocycles. The van der Waals surface area contributed by atoms with Gasteiger partial charge in [-0.25, -0.2) is 4.79 Å². The van der Waals surface area contributed by atoms with Crippen molar-refractivity contribution in [2.24, 2.45) is 5.90 Å². The number of quaternary nitrogens is 1. The van der Waals surface area contributed by atoms with Crippen LogP contribution in [0.3, 0.4) is 0 Å². The third-order valence-electron chi connectivity index (χ3n) is 4.74. The number of amides is 2. The van der Waals surface area contributed by atoms with Crippen LogP contribution in [0.15, 0.2) is 30.3 Å². The molecule has 0 spiro atoms. The lowest BCUT2D eigenvalue weighted by atomic mass is 10.0. The molecule has 0 fully saturated rings. The van der Waals surface area contributed by atoms with Crippen molar-refractivity contribution in [2.75, 3.05) is 0 Å². The molecule has 0 heterocycles. The third kappa shape index (κ3) is 10.3. The van der Waals surface area contributed by atoms with E-state index in [2.05, 4.69) is 33.8 Å². The Morgan fingerprint density at radius 3 is 2.12 bits per heavy atom. The minimum Gasteiger partial charge on any atom is -0.481 e. The van der Waals surface area contributed by atoms with Gasteiger partial charge in [0, 0.05) is 19.3 Å².